The number of nitrogens with two attached hydrogens (primary N) is 1. The highest BCUT2D eigenvalue weighted by Crippen LogP contribution is 2.11. The third kappa shape index (κ3) is 6.74. The molecule has 0 aliphatic heterocycles. The molecule has 0 radical (unpaired) electrons. The van der Waals surface area contributed by atoms with E-state index in [1.807, 2.05) is 24.3 Å². The second-order valence-electron chi connectivity index (χ2n) is 6.16. The Balaban J connectivity index is 2.36. The summed E-state index contributed by atoms with van der Waals surface area (Å²) in [5.41, 5.74) is 7.45. The van der Waals surface area contributed by atoms with Crippen LogP contribution in [0.4, 0.5) is 5.69 Å². The predicted molar refractivity (Wildman–Crippen MR) is 89.1 cm³/mol. The number of carbonyl (C=O) groups excluding carboxylic acids is 1. The van der Waals surface area contributed by atoms with Crippen LogP contribution in [0.25, 0.3) is 0 Å². The largest absolute Gasteiger partial charge is 0.326 e. The third-order valence-electron chi connectivity index (χ3n) is 3.73. The number of amides is 1. The molecule has 0 aliphatic rings. The Labute approximate surface area is 128 Å². The average molecular weight is 291 g/mol. The minimum Gasteiger partial charge on any atom is -0.326 e. The summed E-state index contributed by atoms with van der Waals surface area (Å²) < 4.78 is 0. The zero-order valence-electron chi connectivity index (χ0n) is 13.7. The molecule has 0 aliphatic carbocycles. The van der Waals surface area contributed by atoms with Gasteiger partial charge in [0.25, 0.3) is 0 Å². The predicted octanol–water partition coefficient (Wildman–Crippen LogP) is 2.84. The van der Waals surface area contributed by atoms with Gasteiger partial charge in [-0.2, -0.15) is 0 Å². The lowest BCUT2D eigenvalue weighted by Gasteiger charge is -2.25. The first-order valence-electron chi connectivity index (χ1n) is 7.71. The van der Waals surface area contributed by atoms with Crippen LogP contribution in [0.2, 0.25) is 0 Å². The number of nitrogens with one attached hydrogen (secondary N) is 1. The molecule has 4 nitrogen and oxygen atoms in total. The van der Waals surface area contributed by atoms with Crippen molar-refractivity contribution in [1.82, 2.24) is 4.90 Å². The molecule has 1 atom stereocenters. The van der Waals surface area contributed by atoms with Crippen molar-refractivity contribution in [2.24, 2.45) is 11.7 Å². The Morgan fingerprint density at radius 1 is 1.24 bits per heavy atom. The third-order valence-corrected chi connectivity index (χ3v) is 3.73. The highest BCUT2D eigenvalue weighted by Gasteiger charge is 2.12. The average Bonchev–Trinajstić information content (AvgIpc) is 2.44. The molecule has 21 heavy (non-hydrogen) atoms. The summed E-state index contributed by atoms with van der Waals surface area (Å²) in [5, 5.41) is 2.92. The van der Waals surface area contributed by atoms with Crippen LogP contribution in [0.5, 0.6) is 0 Å². The maximum atomic E-state index is 12.0. The number of hydrogen-bond donors (Lipinski definition) is 2. The van der Waals surface area contributed by atoms with E-state index in [0.717, 1.165) is 24.2 Å². The van der Waals surface area contributed by atoms with Crippen LogP contribution < -0.4 is 11.1 Å². The van der Waals surface area contributed by atoms with Gasteiger partial charge in [0.05, 0.1) is 0 Å². The number of carbonyl (C=O) groups is 1. The number of nitrogens with zero attached hydrogens (tertiary/aromatic N) is 1. The number of rotatable bonds is 8. The SMILES string of the molecule is CC(C)CC(C)N(C)CCC(=O)Nc1ccc(CN)cc1. The molecular weight excluding hydrogens is 262 g/mol. The van der Waals surface area contributed by atoms with Crippen LogP contribution in [0.1, 0.15) is 39.2 Å². The van der Waals surface area contributed by atoms with Crippen LogP contribution in [-0.2, 0) is 11.3 Å². The van der Waals surface area contributed by atoms with E-state index >= 15 is 0 Å². The van der Waals surface area contributed by atoms with Gasteiger partial charge in [-0.3, -0.25) is 4.79 Å². The lowest BCUT2D eigenvalue weighted by Crippen LogP contribution is -2.33. The zero-order valence-corrected chi connectivity index (χ0v) is 13.7. The molecule has 3 N–H and O–H groups in total. The van der Waals surface area contributed by atoms with Crippen LogP contribution in [-0.4, -0.2) is 30.4 Å². The van der Waals surface area contributed by atoms with Gasteiger partial charge >= 0.3 is 0 Å². The number of anilines is 1. The van der Waals surface area contributed by atoms with Gasteiger partial charge in [-0.15, -0.1) is 0 Å². The van der Waals surface area contributed by atoms with E-state index in [4.69, 9.17) is 5.73 Å². The van der Waals surface area contributed by atoms with E-state index in [9.17, 15) is 4.79 Å². The van der Waals surface area contributed by atoms with E-state index in [1.165, 1.54) is 0 Å². The summed E-state index contributed by atoms with van der Waals surface area (Å²) in [5.74, 6) is 0.733. The molecule has 0 spiro atoms. The first kappa shape index (κ1) is 17.7. The van der Waals surface area contributed by atoms with E-state index in [1.54, 1.807) is 0 Å². The van der Waals surface area contributed by atoms with Crippen molar-refractivity contribution in [2.45, 2.75) is 46.2 Å². The van der Waals surface area contributed by atoms with Gasteiger partial charge < -0.3 is 16.0 Å². The first-order valence-corrected chi connectivity index (χ1v) is 7.71. The topological polar surface area (TPSA) is 58.4 Å². The standard InChI is InChI=1S/C17H29N3O/c1-13(2)11-14(3)20(4)10-9-17(21)19-16-7-5-15(12-18)6-8-16/h5-8,13-14H,9-12,18H2,1-4H3,(H,19,21). The van der Waals surface area contributed by atoms with Crippen LogP contribution >= 0.6 is 0 Å². The molecule has 0 aromatic heterocycles. The molecule has 118 valence electrons. The van der Waals surface area contributed by atoms with Crippen molar-refractivity contribution in [3.05, 3.63) is 29.8 Å². The molecule has 1 aromatic rings. The number of benzene rings is 1. The molecule has 0 saturated heterocycles. The van der Waals surface area contributed by atoms with Gasteiger partial charge in [-0.1, -0.05) is 26.0 Å². The monoisotopic (exact) mass is 291 g/mol. The fraction of sp³-hybridized carbons (Fsp3) is 0.588. The Bertz CT molecular complexity index is 428. The van der Waals surface area contributed by atoms with Crippen molar-refractivity contribution >= 4 is 11.6 Å². The molecule has 0 heterocycles. The summed E-state index contributed by atoms with van der Waals surface area (Å²) in [6.07, 6.45) is 1.66. The molecular formula is C17H29N3O. The van der Waals surface area contributed by atoms with E-state index in [2.05, 4.69) is 38.0 Å². The fourth-order valence-corrected chi connectivity index (χ4v) is 2.31. The Morgan fingerprint density at radius 2 is 1.86 bits per heavy atom. The fourth-order valence-electron chi connectivity index (χ4n) is 2.31. The van der Waals surface area contributed by atoms with E-state index < -0.39 is 0 Å². The van der Waals surface area contributed by atoms with Crippen molar-refractivity contribution in [2.75, 3.05) is 18.9 Å². The van der Waals surface area contributed by atoms with Crippen molar-refractivity contribution < 1.29 is 4.79 Å². The van der Waals surface area contributed by atoms with Crippen molar-refractivity contribution in [3.63, 3.8) is 0 Å². The summed E-state index contributed by atoms with van der Waals surface area (Å²) in [4.78, 5) is 14.2. The molecule has 1 aromatic carbocycles. The van der Waals surface area contributed by atoms with E-state index in [-0.39, 0.29) is 5.91 Å². The summed E-state index contributed by atoms with van der Waals surface area (Å²) >= 11 is 0. The van der Waals surface area contributed by atoms with Crippen LogP contribution in [0.3, 0.4) is 0 Å². The van der Waals surface area contributed by atoms with Gasteiger partial charge in [-0.25, -0.2) is 0 Å². The Hall–Kier alpha value is -1.39. The molecule has 0 saturated carbocycles. The summed E-state index contributed by atoms with van der Waals surface area (Å²) in [6, 6.07) is 8.16. The Kier molecular flexibility index (Phi) is 7.40. The Morgan fingerprint density at radius 3 is 2.38 bits per heavy atom. The molecule has 0 fully saturated rings. The first-order chi connectivity index (χ1) is 9.92. The minimum absolute atomic E-state index is 0.0547. The highest BCUT2D eigenvalue weighted by atomic mass is 16.1. The zero-order chi connectivity index (χ0) is 15.8. The van der Waals surface area contributed by atoms with Gasteiger partial charge in [0.1, 0.15) is 0 Å². The van der Waals surface area contributed by atoms with Crippen LogP contribution in [0.15, 0.2) is 24.3 Å². The normalized spacial score (nSPS) is 12.7. The molecule has 0 bridgehead atoms. The molecule has 1 rings (SSSR count). The second-order valence-corrected chi connectivity index (χ2v) is 6.16. The van der Waals surface area contributed by atoms with Crippen LogP contribution in [0, 0.1) is 5.92 Å². The summed E-state index contributed by atoms with van der Waals surface area (Å²) in [7, 11) is 2.08. The second kappa shape index (κ2) is 8.80. The molecule has 1 amide bonds. The van der Waals surface area contributed by atoms with Crippen molar-refractivity contribution in [1.29, 1.82) is 0 Å². The minimum atomic E-state index is 0.0547. The maximum Gasteiger partial charge on any atom is 0.225 e. The lowest BCUT2D eigenvalue weighted by atomic mass is 10.0. The highest BCUT2D eigenvalue weighted by molar-refractivity contribution is 5.90. The maximum absolute atomic E-state index is 12.0. The smallest absolute Gasteiger partial charge is 0.225 e. The van der Waals surface area contributed by atoms with Gasteiger partial charge in [0.15, 0.2) is 0 Å². The molecule has 1 unspecified atom stereocenters. The molecule has 4 heteroatoms. The van der Waals surface area contributed by atoms with Crippen molar-refractivity contribution in [3.8, 4) is 0 Å². The van der Waals surface area contributed by atoms with Gasteiger partial charge in [-0.05, 0) is 44.0 Å². The summed E-state index contributed by atoms with van der Waals surface area (Å²) in [6.45, 7) is 7.96. The van der Waals surface area contributed by atoms with E-state index in [0.29, 0.717) is 24.9 Å². The lowest BCUT2D eigenvalue weighted by molar-refractivity contribution is -0.116. The number of hydrogen-bond acceptors (Lipinski definition) is 3. The van der Waals surface area contributed by atoms with Gasteiger partial charge in [0.2, 0.25) is 5.91 Å². The van der Waals surface area contributed by atoms with Gasteiger partial charge in [0, 0.05) is 31.2 Å². The quantitative estimate of drug-likeness (QED) is 0.774.